The molecule has 1 unspecified atom stereocenters. The Morgan fingerprint density at radius 3 is 1.62 bits per heavy atom. The van der Waals surface area contributed by atoms with E-state index in [1.807, 2.05) is 0 Å². The van der Waals surface area contributed by atoms with E-state index in [2.05, 4.69) is 15.3 Å². The van der Waals surface area contributed by atoms with Crippen molar-refractivity contribution in [3.05, 3.63) is 12.2 Å². The van der Waals surface area contributed by atoms with Crippen LogP contribution in [-0.2, 0) is 7.87 Å². The Hall–Kier alpha value is 0.767. The van der Waals surface area contributed by atoms with Crippen LogP contribution in [0.3, 0.4) is 0 Å². The molecule has 180 valence electrons. The summed E-state index contributed by atoms with van der Waals surface area (Å²) in [5, 5.41) is 0. The van der Waals surface area contributed by atoms with Crippen LogP contribution in [0.2, 0.25) is 13.3 Å². The SMILES string of the molecule is O=C([O][SnH])C1C=CC[N]([Sn]([CH2]C2CCCCC2)([CH2]C2CCCCC2)[CH2]C2CCCCC2)C1. The van der Waals surface area contributed by atoms with Crippen molar-refractivity contribution in [1.29, 1.82) is 0 Å². The third-order valence-electron chi connectivity index (χ3n) is 9.38. The van der Waals surface area contributed by atoms with Gasteiger partial charge in [0.05, 0.1) is 0 Å². The molecule has 5 heteroatoms. The van der Waals surface area contributed by atoms with E-state index in [-0.39, 0.29) is 11.9 Å². The number of carbonyl (C=O) groups excluding carboxylic acids is 1. The van der Waals surface area contributed by atoms with E-state index in [1.165, 1.54) is 96.3 Å². The second-order valence-electron chi connectivity index (χ2n) is 11.7. The van der Waals surface area contributed by atoms with Gasteiger partial charge in [-0.3, -0.25) is 0 Å². The minimum absolute atomic E-state index is 0.000933. The number of hydrogen-bond acceptors (Lipinski definition) is 3. The summed E-state index contributed by atoms with van der Waals surface area (Å²) in [4.78, 5) is 12.6. The van der Waals surface area contributed by atoms with Gasteiger partial charge in [-0.2, -0.15) is 0 Å². The van der Waals surface area contributed by atoms with Gasteiger partial charge < -0.3 is 0 Å². The summed E-state index contributed by atoms with van der Waals surface area (Å²) >= 11 is -2.09. The first-order valence-electron chi connectivity index (χ1n) is 14.0. The van der Waals surface area contributed by atoms with E-state index in [0.29, 0.717) is 22.9 Å². The summed E-state index contributed by atoms with van der Waals surface area (Å²) in [6.07, 6.45) is 26.6. The van der Waals surface area contributed by atoms with Crippen molar-refractivity contribution < 1.29 is 7.87 Å². The Morgan fingerprint density at radius 2 is 1.22 bits per heavy atom. The van der Waals surface area contributed by atoms with Crippen molar-refractivity contribution in [2.24, 2.45) is 23.7 Å². The molecular weight excluding hydrogens is 608 g/mol. The van der Waals surface area contributed by atoms with Crippen LogP contribution in [0.5, 0.6) is 0 Å². The van der Waals surface area contributed by atoms with Crippen LogP contribution in [0, 0.1) is 23.7 Å². The van der Waals surface area contributed by atoms with Crippen molar-refractivity contribution in [2.45, 2.75) is 110 Å². The van der Waals surface area contributed by atoms with E-state index in [4.69, 9.17) is 3.07 Å². The molecule has 4 rings (SSSR count). The third-order valence-corrected chi connectivity index (χ3v) is 26.4. The second kappa shape index (κ2) is 13.2. The molecule has 0 N–H and O–H groups in total. The maximum absolute atomic E-state index is 12.6. The van der Waals surface area contributed by atoms with Crippen molar-refractivity contribution in [1.82, 2.24) is 3.12 Å². The number of carbonyl (C=O) groups is 1. The molecule has 1 aliphatic heterocycles. The predicted molar refractivity (Wildman–Crippen MR) is 137 cm³/mol. The molecule has 0 saturated heterocycles. The summed E-state index contributed by atoms with van der Waals surface area (Å²) in [5.41, 5.74) is 0. The van der Waals surface area contributed by atoms with Gasteiger partial charge in [-0.15, -0.1) is 0 Å². The van der Waals surface area contributed by atoms with E-state index < -0.39 is 18.7 Å². The van der Waals surface area contributed by atoms with Gasteiger partial charge >= 0.3 is 217 Å². The number of hydrogen-bond donors (Lipinski definition) is 0. The number of nitrogens with zero attached hydrogens (tertiary/aromatic N) is 1. The first kappa shape index (κ1) is 25.8. The fourth-order valence-electron chi connectivity index (χ4n) is 7.78. The van der Waals surface area contributed by atoms with Gasteiger partial charge in [0.2, 0.25) is 0 Å². The van der Waals surface area contributed by atoms with E-state index in [0.717, 1.165) is 30.8 Å². The predicted octanol–water partition coefficient (Wildman–Crippen LogP) is 6.52. The Bertz CT molecular complexity index is 556. The summed E-state index contributed by atoms with van der Waals surface area (Å²) in [6.45, 7) is 2.12. The van der Waals surface area contributed by atoms with Gasteiger partial charge in [0.15, 0.2) is 0 Å². The van der Waals surface area contributed by atoms with Crippen LogP contribution in [-0.4, -0.2) is 63.8 Å². The fourth-order valence-corrected chi connectivity index (χ4v) is 27.7. The van der Waals surface area contributed by atoms with Gasteiger partial charge in [-0.1, -0.05) is 0 Å². The molecule has 0 amide bonds. The Morgan fingerprint density at radius 1 is 0.781 bits per heavy atom. The van der Waals surface area contributed by atoms with E-state index in [1.54, 1.807) is 13.3 Å². The molecule has 0 aromatic heterocycles. The molecule has 2 radical (unpaired) electrons. The molecule has 3 fully saturated rings. The Balaban J connectivity index is 1.61. The van der Waals surface area contributed by atoms with Crippen molar-refractivity contribution in [3.63, 3.8) is 0 Å². The molecule has 1 heterocycles. The van der Waals surface area contributed by atoms with E-state index in [9.17, 15) is 4.79 Å². The molecule has 0 spiro atoms. The van der Waals surface area contributed by atoms with Crippen LogP contribution >= 0.6 is 0 Å². The summed E-state index contributed by atoms with van der Waals surface area (Å²) in [6, 6.07) is 0. The van der Waals surface area contributed by atoms with E-state index >= 15 is 0 Å². The zero-order chi connectivity index (χ0) is 22.2. The average Bonchev–Trinajstić information content (AvgIpc) is 2.85. The monoisotopic (exact) mass is 657 g/mol. The maximum atomic E-state index is 12.6. The van der Waals surface area contributed by atoms with Crippen LogP contribution in [0.1, 0.15) is 96.3 Å². The van der Waals surface area contributed by atoms with Gasteiger partial charge in [0.1, 0.15) is 0 Å². The molecule has 1 atom stereocenters. The topological polar surface area (TPSA) is 29.5 Å². The molecule has 0 aromatic carbocycles. The molecule has 3 aliphatic carbocycles. The first-order valence-corrected chi connectivity index (χ1v) is 22.7. The standard InChI is InChI=1S/3C7H13.C6H8NO2.2Sn.H/c3*1-7-5-3-2-4-6-7;8-6(9)5-2-1-3-7-4-5;;;/h3*7H,1-6H2;1-2,5H,3-4H2,(H,8,9);;;/q;;;-1;2*+1;/p-1. The van der Waals surface area contributed by atoms with Crippen molar-refractivity contribution >= 4 is 47.6 Å². The summed E-state index contributed by atoms with van der Waals surface area (Å²) in [7, 11) is 0. The van der Waals surface area contributed by atoms with Gasteiger partial charge in [-0.05, 0) is 0 Å². The summed E-state index contributed by atoms with van der Waals surface area (Å²) < 4.78 is 13.1. The fraction of sp³-hybridized carbons (Fsp3) is 0.889. The van der Waals surface area contributed by atoms with Gasteiger partial charge in [0, 0.05) is 0 Å². The summed E-state index contributed by atoms with van der Waals surface area (Å²) in [5.74, 6) is 3.00. The Kier molecular flexibility index (Phi) is 10.6. The van der Waals surface area contributed by atoms with Crippen molar-refractivity contribution in [2.75, 3.05) is 13.1 Å². The van der Waals surface area contributed by atoms with Crippen LogP contribution < -0.4 is 0 Å². The molecule has 32 heavy (non-hydrogen) atoms. The number of rotatable bonds is 8. The molecule has 0 bridgehead atoms. The minimum atomic E-state index is -2.68. The van der Waals surface area contributed by atoms with Crippen LogP contribution in [0.15, 0.2) is 12.2 Å². The molecule has 3 nitrogen and oxygen atoms in total. The van der Waals surface area contributed by atoms with Crippen LogP contribution in [0.25, 0.3) is 0 Å². The van der Waals surface area contributed by atoms with Gasteiger partial charge in [0.25, 0.3) is 0 Å². The second-order valence-corrected chi connectivity index (χ2v) is 24.7. The first-order chi connectivity index (χ1) is 15.7. The quantitative estimate of drug-likeness (QED) is 0.221. The third kappa shape index (κ3) is 7.15. The normalized spacial score (nSPS) is 27.5. The van der Waals surface area contributed by atoms with Gasteiger partial charge in [-0.25, -0.2) is 0 Å². The van der Waals surface area contributed by atoms with Crippen molar-refractivity contribution in [3.8, 4) is 0 Å². The molecule has 3 saturated carbocycles. The van der Waals surface area contributed by atoms with Crippen LogP contribution in [0.4, 0.5) is 0 Å². The molecular formula is C27H47NO2Sn2. The average molecular weight is 655 g/mol. The molecule has 4 aliphatic rings. The zero-order valence-corrected chi connectivity index (χ0v) is 26.6. The Labute approximate surface area is 215 Å². The zero-order valence-electron chi connectivity index (χ0n) is 20.4. The molecule has 0 aromatic rings.